The van der Waals surface area contributed by atoms with E-state index in [4.69, 9.17) is 22.0 Å². The van der Waals surface area contributed by atoms with Crippen molar-refractivity contribution in [1.29, 1.82) is 5.26 Å². The molecule has 1 N–H and O–H groups in total. The third-order valence-corrected chi connectivity index (χ3v) is 3.68. The smallest absolute Gasteiger partial charge is 0.325 e. The summed E-state index contributed by atoms with van der Waals surface area (Å²) in [5.41, 5.74) is 1.31. The number of carboxylic acid groups (broad SMARTS) is 1. The standard InChI is InChI=1S/C11H8ClN5O2S/c12-9-3-7(4-13)1-2-8(9)6-20-11-14-15-16-17(11)5-10(18)19/h1-3H,5-6H2,(H,18,19). The third kappa shape index (κ3) is 3.46. The van der Waals surface area contributed by atoms with Crippen LogP contribution in [-0.2, 0) is 17.1 Å². The molecule has 0 amide bonds. The van der Waals surface area contributed by atoms with E-state index in [-0.39, 0.29) is 6.54 Å². The second kappa shape index (κ2) is 6.36. The van der Waals surface area contributed by atoms with Gasteiger partial charge < -0.3 is 5.11 Å². The summed E-state index contributed by atoms with van der Waals surface area (Å²) in [5, 5.41) is 29.1. The van der Waals surface area contributed by atoms with Crippen LogP contribution in [0.1, 0.15) is 11.1 Å². The van der Waals surface area contributed by atoms with E-state index >= 15 is 0 Å². The van der Waals surface area contributed by atoms with Gasteiger partial charge in [0, 0.05) is 10.8 Å². The minimum absolute atomic E-state index is 0.295. The molecule has 9 heteroatoms. The maximum absolute atomic E-state index is 10.6. The number of hydrogen-bond acceptors (Lipinski definition) is 6. The van der Waals surface area contributed by atoms with Gasteiger partial charge in [-0.3, -0.25) is 4.79 Å². The zero-order valence-electron chi connectivity index (χ0n) is 10.0. The highest BCUT2D eigenvalue weighted by molar-refractivity contribution is 7.98. The number of aromatic nitrogens is 4. The summed E-state index contributed by atoms with van der Waals surface area (Å²) in [6.07, 6.45) is 0. The molecular formula is C11H8ClN5O2S. The van der Waals surface area contributed by atoms with E-state index in [0.717, 1.165) is 5.56 Å². The number of benzene rings is 1. The fourth-order valence-corrected chi connectivity index (χ4v) is 2.61. The number of thioether (sulfide) groups is 1. The SMILES string of the molecule is N#Cc1ccc(CSc2nnnn2CC(=O)O)c(Cl)c1. The first kappa shape index (κ1) is 14.3. The molecule has 1 heterocycles. The molecule has 0 aliphatic carbocycles. The Morgan fingerprint density at radius 1 is 1.55 bits per heavy atom. The Kier molecular flexibility index (Phi) is 4.55. The molecule has 0 saturated heterocycles. The van der Waals surface area contributed by atoms with E-state index in [1.54, 1.807) is 18.2 Å². The molecule has 0 atom stereocenters. The molecule has 0 radical (unpaired) electrons. The topological polar surface area (TPSA) is 105 Å². The summed E-state index contributed by atoms with van der Waals surface area (Å²) >= 11 is 7.33. The lowest BCUT2D eigenvalue weighted by atomic mass is 10.2. The van der Waals surface area contributed by atoms with Crippen molar-refractivity contribution in [3.05, 3.63) is 34.3 Å². The Morgan fingerprint density at radius 2 is 2.35 bits per heavy atom. The van der Waals surface area contributed by atoms with Crippen molar-refractivity contribution >= 4 is 29.3 Å². The van der Waals surface area contributed by atoms with Gasteiger partial charge in [-0.25, -0.2) is 4.68 Å². The van der Waals surface area contributed by atoms with Gasteiger partial charge in [-0.05, 0) is 28.1 Å². The predicted molar refractivity (Wildman–Crippen MR) is 71.2 cm³/mol. The Morgan fingerprint density at radius 3 is 3.00 bits per heavy atom. The average molecular weight is 310 g/mol. The van der Waals surface area contributed by atoms with E-state index in [9.17, 15) is 4.79 Å². The highest BCUT2D eigenvalue weighted by Gasteiger charge is 2.11. The normalized spacial score (nSPS) is 10.2. The zero-order valence-corrected chi connectivity index (χ0v) is 11.6. The Hall–Kier alpha value is -2.11. The van der Waals surface area contributed by atoms with Crippen LogP contribution in [0.2, 0.25) is 5.02 Å². The summed E-state index contributed by atoms with van der Waals surface area (Å²) < 4.78 is 1.20. The number of carbonyl (C=O) groups is 1. The number of nitriles is 1. The molecule has 2 rings (SSSR count). The molecule has 0 bridgehead atoms. The molecule has 0 aliphatic heterocycles. The van der Waals surface area contributed by atoms with Crippen LogP contribution in [-0.4, -0.2) is 31.3 Å². The predicted octanol–water partition coefficient (Wildman–Crippen LogP) is 1.58. The summed E-state index contributed by atoms with van der Waals surface area (Å²) in [7, 11) is 0. The molecular weight excluding hydrogens is 302 g/mol. The molecule has 1 aromatic carbocycles. The van der Waals surface area contributed by atoms with Gasteiger partial charge in [0.05, 0.1) is 11.6 Å². The van der Waals surface area contributed by atoms with Crippen LogP contribution in [0.4, 0.5) is 0 Å². The van der Waals surface area contributed by atoms with Crippen LogP contribution in [0.3, 0.4) is 0 Å². The average Bonchev–Trinajstić information content (AvgIpc) is 2.83. The first-order chi connectivity index (χ1) is 9.60. The summed E-state index contributed by atoms with van der Waals surface area (Å²) in [6, 6.07) is 7.00. The molecule has 0 saturated carbocycles. The van der Waals surface area contributed by atoms with Crippen molar-refractivity contribution in [2.75, 3.05) is 0 Å². The van der Waals surface area contributed by atoms with E-state index in [2.05, 4.69) is 15.5 Å². The number of tetrazole rings is 1. The van der Waals surface area contributed by atoms with Gasteiger partial charge >= 0.3 is 5.97 Å². The van der Waals surface area contributed by atoms with Crippen LogP contribution >= 0.6 is 23.4 Å². The highest BCUT2D eigenvalue weighted by atomic mass is 35.5. The zero-order chi connectivity index (χ0) is 14.5. The number of halogens is 1. The molecule has 0 unspecified atom stereocenters. The maximum atomic E-state index is 10.6. The van der Waals surface area contributed by atoms with Gasteiger partial charge in [-0.2, -0.15) is 5.26 Å². The number of aliphatic carboxylic acids is 1. The molecule has 0 aliphatic rings. The molecule has 2 aromatic rings. The first-order valence-electron chi connectivity index (χ1n) is 5.39. The van der Waals surface area contributed by atoms with Gasteiger partial charge in [0.25, 0.3) is 0 Å². The largest absolute Gasteiger partial charge is 0.480 e. The van der Waals surface area contributed by atoms with E-state index in [1.165, 1.54) is 16.4 Å². The lowest BCUT2D eigenvalue weighted by molar-refractivity contribution is -0.138. The van der Waals surface area contributed by atoms with Crippen molar-refractivity contribution in [3.8, 4) is 6.07 Å². The van der Waals surface area contributed by atoms with Crippen LogP contribution in [0.15, 0.2) is 23.4 Å². The Labute approximate surface area is 123 Å². The van der Waals surface area contributed by atoms with Crippen molar-refractivity contribution in [2.45, 2.75) is 17.5 Å². The van der Waals surface area contributed by atoms with Crippen molar-refractivity contribution in [3.63, 3.8) is 0 Å². The number of rotatable bonds is 5. The van der Waals surface area contributed by atoms with Crippen molar-refractivity contribution < 1.29 is 9.90 Å². The first-order valence-corrected chi connectivity index (χ1v) is 6.76. The van der Waals surface area contributed by atoms with Crippen LogP contribution in [0, 0.1) is 11.3 Å². The summed E-state index contributed by atoms with van der Waals surface area (Å²) in [4.78, 5) is 10.6. The molecule has 0 fully saturated rings. The van der Waals surface area contributed by atoms with Crippen LogP contribution < -0.4 is 0 Å². The number of hydrogen-bond donors (Lipinski definition) is 1. The number of nitrogens with zero attached hydrogens (tertiary/aromatic N) is 5. The lowest BCUT2D eigenvalue weighted by Gasteiger charge is -2.04. The number of carboxylic acids is 1. The summed E-state index contributed by atoms with van der Waals surface area (Å²) in [5.74, 6) is -0.541. The Balaban J connectivity index is 2.08. The lowest BCUT2D eigenvalue weighted by Crippen LogP contribution is -2.11. The molecule has 0 spiro atoms. The van der Waals surface area contributed by atoms with E-state index < -0.39 is 5.97 Å². The Bertz CT molecular complexity index is 682. The second-order valence-corrected chi connectivity index (χ2v) is 5.07. The quantitative estimate of drug-likeness (QED) is 0.836. The van der Waals surface area contributed by atoms with Gasteiger partial charge in [-0.15, -0.1) is 5.10 Å². The second-order valence-electron chi connectivity index (χ2n) is 3.72. The molecule has 7 nitrogen and oxygen atoms in total. The van der Waals surface area contributed by atoms with Gasteiger partial charge in [0.1, 0.15) is 6.54 Å². The summed E-state index contributed by atoms with van der Waals surface area (Å²) in [6.45, 7) is -0.295. The van der Waals surface area contributed by atoms with Gasteiger partial charge in [0.2, 0.25) is 5.16 Å². The fourth-order valence-electron chi connectivity index (χ4n) is 1.40. The molecule has 102 valence electrons. The maximum Gasteiger partial charge on any atom is 0.325 e. The van der Waals surface area contributed by atoms with E-state index in [1.807, 2.05) is 6.07 Å². The molecule has 1 aromatic heterocycles. The van der Waals surface area contributed by atoms with Gasteiger partial charge in [0.15, 0.2) is 0 Å². The van der Waals surface area contributed by atoms with Gasteiger partial charge in [-0.1, -0.05) is 29.4 Å². The van der Waals surface area contributed by atoms with Crippen molar-refractivity contribution in [2.24, 2.45) is 0 Å². The van der Waals surface area contributed by atoms with Crippen LogP contribution in [0.25, 0.3) is 0 Å². The van der Waals surface area contributed by atoms with E-state index in [0.29, 0.717) is 21.5 Å². The van der Waals surface area contributed by atoms with Crippen LogP contribution in [0.5, 0.6) is 0 Å². The highest BCUT2D eigenvalue weighted by Crippen LogP contribution is 2.25. The molecule has 20 heavy (non-hydrogen) atoms. The minimum atomic E-state index is -1.02. The van der Waals surface area contributed by atoms with Crippen molar-refractivity contribution in [1.82, 2.24) is 20.2 Å². The fraction of sp³-hybridized carbons (Fsp3) is 0.182. The monoisotopic (exact) mass is 309 g/mol. The minimum Gasteiger partial charge on any atom is -0.480 e. The third-order valence-electron chi connectivity index (χ3n) is 2.32.